The highest BCUT2D eigenvalue weighted by molar-refractivity contribution is 5.78. The number of nitrogens with zero attached hydrogens (tertiary/aromatic N) is 2. The van der Waals surface area contributed by atoms with Gasteiger partial charge in [0.05, 0.1) is 17.6 Å². The van der Waals surface area contributed by atoms with Crippen LogP contribution in [0.15, 0.2) is 48.7 Å². The third-order valence-corrected chi connectivity index (χ3v) is 3.48. The van der Waals surface area contributed by atoms with Gasteiger partial charge >= 0.3 is 6.18 Å². The summed E-state index contributed by atoms with van der Waals surface area (Å²) in [7, 11) is 0. The van der Waals surface area contributed by atoms with Crippen LogP contribution in [-0.4, -0.2) is 16.4 Å². The van der Waals surface area contributed by atoms with Gasteiger partial charge in [0.15, 0.2) is 0 Å². The van der Waals surface area contributed by atoms with Crippen LogP contribution in [-0.2, 0) is 12.7 Å². The standard InChI is InChI=1S/C17H15F3N2O/c1-12-2-7-16-13(10-12)11-22(21-16)8-9-23-15-5-3-14(4-6-15)17(18,19)20/h2-7,10-11H,8-9H2,1H3. The maximum Gasteiger partial charge on any atom is 0.416 e. The van der Waals surface area contributed by atoms with Gasteiger partial charge in [-0.05, 0) is 43.3 Å². The van der Waals surface area contributed by atoms with Crippen LogP contribution in [0.4, 0.5) is 13.2 Å². The number of halogens is 3. The smallest absolute Gasteiger partial charge is 0.416 e. The number of rotatable bonds is 4. The fraction of sp³-hybridized carbons (Fsp3) is 0.235. The zero-order valence-electron chi connectivity index (χ0n) is 12.5. The molecule has 0 aliphatic rings. The van der Waals surface area contributed by atoms with Crippen molar-refractivity contribution in [2.45, 2.75) is 19.6 Å². The van der Waals surface area contributed by atoms with Crippen LogP contribution in [0.3, 0.4) is 0 Å². The predicted octanol–water partition coefficient (Wildman–Crippen LogP) is 4.44. The number of aromatic nitrogens is 2. The molecule has 0 atom stereocenters. The molecule has 0 N–H and O–H groups in total. The number of hydrogen-bond donors (Lipinski definition) is 0. The molecule has 1 heterocycles. The topological polar surface area (TPSA) is 27.1 Å². The van der Waals surface area contributed by atoms with Crippen molar-refractivity contribution in [2.24, 2.45) is 0 Å². The van der Waals surface area contributed by atoms with Crippen LogP contribution in [0.25, 0.3) is 10.9 Å². The molecule has 23 heavy (non-hydrogen) atoms. The highest BCUT2D eigenvalue weighted by Crippen LogP contribution is 2.30. The molecule has 1 aromatic heterocycles. The Morgan fingerprint density at radius 3 is 2.52 bits per heavy atom. The molecule has 6 heteroatoms. The average Bonchev–Trinajstić information content (AvgIpc) is 2.88. The number of fused-ring (bicyclic) bond motifs is 1. The van der Waals surface area contributed by atoms with E-state index in [0.29, 0.717) is 18.9 Å². The Bertz CT molecular complexity index is 807. The lowest BCUT2D eigenvalue weighted by Gasteiger charge is -2.09. The van der Waals surface area contributed by atoms with E-state index in [4.69, 9.17) is 4.74 Å². The van der Waals surface area contributed by atoms with Crippen molar-refractivity contribution >= 4 is 10.9 Å². The van der Waals surface area contributed by atoms with E-state index >= 15 is 0 Å². The lowest BCUT2D eigenvalue weighted by molar-refractivity contribution is -0.137. The normalized spacial score (nSPS) is 11.8. The first-order valence-corrected chi connectivity index (χ1v) is 7.16. The minimum Gasteiger partial charge on any atom is -0.492 e. The maximum atomic E-state index is 12.5. The third-order valence-electron chi connectivity index (χ3n) is 3.48. The monoisotopic (exact) mass is 320 g/mol. The molecule has 0 radical (unpaired) electrons. The number of benzene rings is 2. The van der Waals surface area contributed by atoms with Crippen molar-refractivity contribution in [3.8, 4) is 5.75 Å². The van der Waals surface area contributed by atoms with Gasteiger partial charge in [-0.15, -0.1) is 0 Å². The van der Waals surface area contributed by atoms with Gasteiger partial charge in [-0.2, -0.15) is 18.3 Å². The first kappa shape index (κ1) is 15.4. The van der Waals surface area contributed by atoms with Crippen LogP contribution in [0.1, 0.15) is 11.1 Å². The molecule has 2 aromatic carbocycles. The molecule has 3 rings (SSSR count). The molecule has 0 saturated carbocycles. The minimum absolute atomic E-state index is 0.332. The van der Waals surface area contributed by atoms with Crippen LogP contribution in [0.2, 0.25) is 0 Å². The van der Waals surface area contributed by atoms with E-state index in [9.17, 15) is 13.2 Å². The molecule has 0 spiro atoms. The maximum absolute atomic E-state index is 12.5. The van der Waals surface area contributed by atoms with Gasteiger partial charge in [0.25, 0.3) is 0 Å². The lowest BCUT2D eigenvalue weighted by atomic mass is 10.2. The summed E-state index contributed by atoms with van der Waals surface area (Å²) in [6.07, 6.45) is -2.40. The highest BCUT2D eigenvalue weighted by atomic mass is 19.4. The minimum atomic E-state index is -4.33. The summed E-state index contributed by atoms with van der Waals surface area (Å²) in [4.78, 5) is 0. The van der Waals surface area contributed by atoms with E-state index in [1.54, 1.807) is 4.68 Å². The summed E-state index contributed by atoms with van der Waals surface area (Å²) in [5, 5.41) is 5.47. The number of aryl methyl sites for hydroxylation is 1. The Morgan fingerprint density at radius 1 is 1.09 bits per heavy atom. The SMILES string of the molecule is Cc1ccc2nn(CCOc3ccc(C(F)(F)F)cc3)cc2c1. The van der Waals surface area contributed by atoms with E-state index in [0.717, 1.165) is 28.6 Å². The lowest BCUT2D eigenvalue weighted by Crippen LogP contribution is -2.09. The van der Waals surface area contributed by atoms with Crippen LogP contribution in [0, 0.1) is 6.92 Å². The van der Waals surface area contributed by atoms with Crippen molar-refractivity contribution < 1.29 is 17.9 Å². The molecule has 120 valence electrons. The first-order chi connectivity index (χ1) is 10.9. The van der Waals surface area contributed by atoms with Crippen molar-refractivity contribution in [3.63, 3.8) is 0 Å². The van der Waals surface area contributed by atoms with Crippen LogP contribution >= 0.6 is 0 Å². The van der Waals surface area contributed by atoms with Gasteiger partial charge < -0.3 is 4.74 Å². The Balaban J connectivity index is 1.60. The first-order valence-electron chi connectivity index (χ1n) is 7.16. The molecule has 0 aliphatic carbocycles. The van der Waals surface area contributed by atoms with Crippen molar-refractivity contribution in [1.29, 1.82) is 0 Å². The zero-order valence-corrected chi connectivity index (χ0v) is 12.5. The Hall–Kier alpha value is -2.50. The largest absolute Gasteiger partial charge is 0.492 e. The molecular weight excluding hydrogens is 305 g/mol. The fourth-order valence-electron chi connectivity index (χ4n) is 2.31. The molecule has 3 aromatic rings. The molecule has 0 unspecified atom stereocenters. The van der Waals surface area contributed by atoms with Crippen molar-refractivity contribution in [1.82, 2.24) is 9.78 Å². The van der Waals surface area contributed by atoms with Crippen molar-refractivity contribution in [3.05, 3.63) is 59.8 Å². The van der Waals surface area contributed by atoms with Crippen LogP contribution in [0.5, 0.6) is 5.75 Å². The summed E-state index contributed by atoms with van der Waals surface area (Å²) >= 11 is 0. The van der Waals surface area contributed by atoms with Crippen LogP contribution < -0.4 is 4.74 Å². The van der Waals surface area contributed by atoms with Gasteiger partial charge in [-0.1, -0.05) is 11.6 Å². The van der Waals surface area contributed by atoms with Crippen molar-refractivity contribution in [2.75, 3.05) is 6.61 Å². The van der Waals surface area contributed by atoms with Gasteiger partial charge in [0.1, 0.15) is 12.4 Å². The van der Waals surface area contributed by atoms with E-state index < -0.39 is 11.7 Å². The second-order valence-corrected chi connectivity index (χ2v) is 5.33. The Kier molecular flexibility index (Phi) is 3.98. The summed E-state index contributed by atoms with van der Waals surface area (Å²) in [5.74, 6) is 0.408. The summed E-state index contributed by atoms with van der Waals surface area (Å²) in [6.45, 7) is 2.87. The van der Waals surface area contributed by atoms with E-state index in [-0.39, 0.29) is 0 Å². The molecule has 0 fully saturated rings. The molecule has 3 nitrogen and oxygen atoms in total. The molecule has 0 aliphatic heterocycles. The number of alkyl halides is 3. The van der Waals surface area contributed by atoms with Gasteiger partial charge in [0.2, 0.25) is 0 Å². The predicted molar refractivity (Wildman–Crippen MR) is 81.4 cm³/mol. The summed E-state index contributed by atoms with van der Waals surface area (Å²) in [5.41, 5.74) is 1.39. The highest BCUT2D eigenvalue weighted by Gasteiger charge is 2.29. The van der Waals surface area contributed by atoms with Gasteiger partial charge in [0, 0.05) is 11.6 Å². The molecular formula is C17H15F3N2O. The Labute approximate surface area is 131 Å². The van der Waals surface area contributed by atoms with E-state index in [1.165, 1.54) is 12.1 Å². The molecule has 0 saturated heterocycles. The van der Waals surface area contributed by atoms with E-state index in [1.807, 2.05) is 25.3 Å². The second kappa shape index (κ2) is 5.95. The Morgan fingerprint density at radius 2 is 1.83 bits per heavy atom. The van der Waals surface area contributed by atoms with E-state index in [2.05, 4.69) is 11.2 Å². The third kappa shape index (κ3) is 3.64. The second-order valence-electron chi connectivity index (χ2n) is 5.33. The molecule has 0 amide bonds. The molecule has 0 bridgehead atoms. The fourth-order valence-corrected chi connectivity index (χ4v) is 2.31. The summed E-state index contributed by atoms with van der Waals surface area (Å²) < 4.78 is 44.7. The quantitative estimate of drug-likeness (QED) is 0.710. The van der Waals surface area contributed by atoms with Gasteiger partial charge in [-0.25, -0.2) is 0 Å². The van der Waals surface area contributed by atoms with Gasteiger partial charge in [-0.3, -0.25) is 4.68 Å². The zero-order chi connectivity index (χ0) is 16.4. The summed E-state index contributed by atoms with van der Waals surface area (Å²) in [6, 6.07) is 10.7. The number of ether oxygens (including phenoxy) is 1. The number of hydrogen-bond acceptors (Lipinski definition) is 2. The average molecular weight is 320 g/mol.